The number of benzene rings is 4. The summed E-state index contributed by atoms with van der Waals surface area (Å²) in [5, 5.41) is 2.80. The fourth-order valence-corrected chi connectivity index (χ4v) is 5.04. The second-order valence-corrected chi connectivity index (χ2v) is 10.5. The van der Waals surface area contributed by atoms with Crippen LogP contribution in [0.5, 0.6) is 11.5 Å². The summed E-state index contributed by atoms with van der Waals surface area (Å²) in [5.41, 5.74) is 1.22. The molecule has 0 aliphatic heterocycles. The van der Waals surface area contributed by atoms with Gasteiger partial charge in [-0.05, 0) is 54.1 Å². The van der Waals surface area contributed by atoms with Gasteiger partial charge in [-0.1, -0.05) is 76.6 Å². The van der Waals surface area contributed by atoms with Gasteiger partial charge in [-0.15, -0.1) is 0 Å². The molecule has 4 aromatic carbocycles. The zero-order chi connectivity index (χ0) is 24.7. The number of carbonyl (C=O) groups excluding carboxylic acids is 1. The number of amides is 1. The molecule has 0 unspecified atom stereocenters. The average Bonchev–Trinajstić information content (AvgIpc) is 2.86. The van der Waals surface area contributed by atoms with Crippen molar-refractivity contribution in [2.75, 3.05) is 11.9 Å². The van der Waals surface area contributed by atoms with Crippen LogP contribution < -0.4 is 10.1 Å². The number of anilines is 1. The monoisotopic (exact) mass is 550 g/mol. The molecule has 1 amide bonds. The Bertz CT molecular complexity index is 1380. The molecule has 0 atom stereocenters. The van der Waals surface area contributed by atoms with Crippen LogP contribution in [0.15, 0.2) is 119 Å². The van der Waals surface area contributed by atoms with Crippen molar-refractivity contribution in [3.63, 3.8) is 0 Å². The van der Waals surface area contributed by atoms with Gasteiger partial charge in [0.05, 0.1) is 17.1 Å². The van der Waals surface area contributed by atoms with Crippen molar-refractivity contribution in [1.29, 1.82) is 0 Å². The van der Waals surface area contributed by atoms with Gasteiger partial charge in [0, 0.05) is 11.0 Å². The predicted molar refractivity (Wildman–Crippen MR) is 140 cm³/mol. The highest BCUT2D eigenvalue weighted by Crippen LogP contribution is 2.29. The van der Waals surface area contributed by atoms with Gasteiger partial charge in [0.1, 0.15) is 5.75 Å². The third-order valence-electron chi connectivity index (χ3n) is 5.11. The molecule has 0 spiro atoms. The molecule has 35 heavy (non-hydrogen) atoms. The molecule has 1 N–H and O–H groups in total. The summed E-state index contributed by atoms with van der Waals surface area (Å²) in [6.45, 7) is -0.318. The first-order chi connectivity index (χ1) is 16.9. The highest BCUT2D eigenvalue weighted by molar-refractivity contribution is 9.10. The minimum Gasteiger partial charge on any atom is -0.455 e. The van der Waals surface area contributed by atoms with Gasteiger partial charge in [-0.2, -0.15) is 4.31 Å². The van der Waals surface area contributed by atoms with Gasteiger partial charge in [0.2, 0.25) is 15.9 Å². The van der Waals surface area contributed by atoms with E-state index in [0.717, 1.165) is 10.0 Å². The Kier molecular flexibility index (Phi) is 7.97. The number of nitrogens with one attached hydrogen (secondary N) is 1. The lowest BCUT2D eigenvalue weighted by Crippen LogP contribution is -2.37. The molecule has 178 valence electrons. The Labute approximate surface area is 213 Å². The molecule has 0 saturated heterocycles. The van der Waals surface area contributed by atoms with Gasteiger partial charge >= 0.3 is 0 Å². The summed E-state index contributed by atoms with van der Waals surface area (Å²) in [6.07, 6.45) is 0. The molecular formula is C27H23BrN2O4S. The molecule has 0 aromatic heterocycles. The molecule has 0 bridgehead atoms. The summed E-state index contributed by atoms with van der Waals surface area (Å²) in [6, 6.07) is 31.7. The zero-order valence-electron chi connectivity index (χ0n) is 18.7. The van der Waals surface area contributed by atoms with Crippen molar-refractivity contribution in [1.82, 2.24) is 4.31 Å². The first kappa shape index (κ1) is 24.7. The van der Waals surface area contributed by atoms with Crippen LogP contribution in [0.25, 0.3) is 0 Å². The van der Waals surface area contributed by atoms with Crippen LogP contribution in [0.4, 0.5) is 5.69 Å². The largest absolute Gasteiger partial charge is 0.455 e. The van der Waals surface area contributed by atoms with Crippen LogP contribution in [0.3, 0.4) is 0 Å². The number of ether oxygens (including phenoxy) is 1. The Balaban J connectivity index is 1.57. The van der Waals surface area contributed by atoms with Gasteiger partial charge in [-0.25, -0.2) is 8.42 Å². The van der Waals surface area contributed by atoms with Gasteiger partial charge in [0.15, 0.2) is 5.75 Å². The lowest BCUT2D eigenvalue weighted by atomic mass is 10.2. The lowest BCUT2D eigenvalue weighted by Gasteiger charge is -2.22. The number of sulfonamides is 1. The van der Waals surface area contributed by atoms with E-state index in [9.17, 15) is 13.2 Å². The maximum absolute atomic E-state index is 13.4. The second-order valence-electron chi connectivity index (χ2n) is 7.67. The van der Waals surface area contributed by atoms with E-state index in [1.807, 2.05) is 60.7 Å². The summed E-state index contributed by atoms with van der Waals surface area (Å²) in [7, 11) is -3.94. The molecule has 4 aromatic rings. The number of rotatable bonds is 9. The maximum Gasteiger partial charge on any atom is 0.243 e. The zero-order valence-corrected chi connectivity index (χ0v) is 21.1. The summed E-state index contributed by atoms with van der Waals surface area (Å²) in [5.74, 6) is 0.598. The predicted octanol–water partition coefficient (Wildman–Crippen LogP) is 6.07. The van der Waals surface area contributed by atoms with E-state index in [1.165, 1.54) is 16.4 Å². The van der Waals surface area contributed by atoms with Crippen LogP contribution in [-0.2, 0) is 21.4 Å². The Morgan fingerprint density at radius 1 is 0.800 bits per heavy atom. The Morgan fingerprint density at radius 3 is 2.09 bits per heavy atom. The number of nitrogens with zero attached hydrogens (tertiary/aromatic N) is 1. The summed E-state index contributed by atoms with van der Waals surface area (Å²) in [4.78, 5) is 13.2. The van der Waals surface area contributed by atoms with Crippen molar-refractivity contribution in [3.05, 3.63) is 119 Å². The number of carbonyl (C=O) groups is 1. The third-order valence-corrected chi connectivity index (χ3v) is 7.44. The maximum atomic E-state index is 13.4. The van der Waals surface area contributed by atoms with E-state index in [-0.39, 0.29) is 18.0 Å². The van der Waals surface area contributed by atoms with E-state index in [4.69, 9.17) is 4.74 Å². The number of hydrogen-bond acceptors (Lipinski definition) is 4. The normalized spacial score (nSPS) is 11.3. The van der Waals surface area contributed by atoms with E-state index >= 15 is 0 Å². The fourth-order valence-electron chi connectivity index (χ4n) is 3.39. The SMILES string of the molecule is O=C(CN(Cc1ccccc1)S(=O)(=O)c1ccc(Br)cc1)Nc1ccccc1Oc1ccccc1. The quantitative estimate of drug-likeness (QED) is 0.274. The minimum atomic E-state index is -3.94. The minimum absolute atomic E-state index is 0.0504. The third kappa shape index (κ3) is 6.57. The highest BCUT2D eigenvalue weighted by atomic mass is 79.9. The molecule has 6 nitrogen and oxygen atoms in total. The van der Waals surface area contributed by atoms with Crippen LogP contribution in [0.1, 0.15) is 5.56 Å². The number of para-hydroxylation sites is 3. The summed E-state index contributed by atoms with van der Waals surface area (Å²) >= 11 is 3.33. The fraction of sp³-hybridized carbons (Fsp3) is 0.0741. The van der Waals surface area contributed by atoms with Gasteiger partial charge < -0.3 is 10.1 Å². The van der Waals surface area contributed by atoms with E-state index < -0.39 is 15.9 Å². The van der Waals surface area contributed by atoms with Crippen LogP contribution in [0.2, 0.25) is 0 Å². The van der Waals surface area contributed by atoms with Gasteiger partial charge in [-0.3, -0.25) is 4.79 Å². The van der Waals surface area contributed by atoms with Crippen LogP contribution in [-0.4, -0.2) is 25.2 Å². The van der Waals surface area contributed by atoms with Crippen molar-refractivity contribution in [3.8, 4) is 11.5 Å². The summed E-state index contributed by atoms with van der Waals surface area (Å²) < 4.78 is 34.7. The Hall–Kier alpha value is -3.46. The molecule has 8 heteroatoms. The molecule has 4 rings (SSSR count). The first-order valence-electron chi connectivity index (χ1n) is 10.8. The highest BCUT2D eigenvalue weighted by Gasteiger charge is 2.27. The van der Waals surface area contributed by atoms with E-state index in [1.54, 1.807) is 36.4 Å². The van der Waals surface area contributed by atoms with Crippen molar-refractivity contribution in [2.45, 2.75) is 11.4 Å². The van der Waals surface area contributed by atoms with Crippen molar-refractivity contribution in [2.24, 2.45) is 0 Å². The smallest absolute Gasteiger partial charge is 0.243 e. The first-order valence-corrected chi connectivity index (χ1v) is 13.1. The molecular weight excluding hydrogens is 528 g/mol. The molecule has 0 aliphatic rings. The van der Waals surface area contributed by atoms with Crippen LogP contribution >= 0.6 is 15.9 Å². The number of hydrogen-bond donors (Lipinski definition) is 1. The van der Waals surface area contributed by atoms with Crippen molar-refractivity contribution < 1.29 is 17.9 Å². The van der Waals surface area contributed by atoms with Crippen molar-refractivity contribution >= 4 is 37.5 Å². The Morgan fingerprint density at radius 2 is 1.40 bits per heavy atom. The number of halogens is 1. The standard InChI is InChI=1S/C27H23BrN2O4S/c28-22-15-17-24(18-16-22)35(32,33)30(19-21-9-3-1-4-10-21)20-27(31)29-25-13-7-8-14-26(25)34-23-11-5-2-6-12-23/h1-18H,19-20H2,(H,29,31). The molecule has 0 fully saturated rings. The second kappa shape index (κ2) is 11.3. The van der Waals surface area contributed by atoms with Crippen LogP contribution in [0, 0.1) is 0 Å². The van der Waals surface area contributed by atoms with Gasteiger partial charge in [0.25, 0.3) is 0 Å². The molecule has 0 aliphatic carbocycles. The van der Waals surface area contributed by atoms with E-state index in [0.29, 0.717) is 17.2 Å². The average molecular weight is 551 g/mol. The molecule has 0 radical (unpaired) electrons. The van der Waals surface area contributed by atoms with E-state index in [2.05, 4.69) is 21.2 Å². The topological polar surface area (TPSA) is 75.7 Å². The lowest BCUT2D eigenvalue weighted by molar-refractivity contribution is -0.116. The molecule has 0 heterocycles. The molecule has 0 saturated carbocycles.